The van der Waals surface area contributed by atoms with Gasteiger partial charge in [0.1, 0.15) is 0 Å². The standard InChI is InChI=1S/C14H28N2O2/c1-4-18-14(17)11-16-7-5-13(6-8-16)10-15-9-12(2)3/h12-13,15H,4-11H2,1-3H3. The zero-order valence-electron chi connectivity index (χ0n) is 12.1. The average molecular weight is 256 g/mol. The molecule has 1 aliphatic heterocycles. The fourth-order valence-corrected chi connectivity index (χ4v) is 2.31. The molecule has 0 aromatic heterocycles. The Kier molecular flexibility index (Phi) is 7.28. The summed E-state index contributed by atoms with van der Waals surface area (Å²) in [5.41, 5.74) is 0. The molecule has 0 atom stereocenters. The maximum Gasteiger partial charge on any atom is 0.320 e. The molecule has 0 amide bonds. The van der Waals surface area contributed by atoms with Gasteiger partial charge in [-0.25, -0.2) is 0 Å². The highest BCUT2D eigenvalue weighted by atomic mass is 16.5. The second kappa shape index (κ2) is 8.48. The lowest BCUT2D eigenvalue weighted by molar-refractivity contribution is -0.144. The molecule has 0 aromatic carbocycles. The van der Waals surface area contributed by atoms with Gasteiger partial charge in [0.2, 0.25) is 0 Å². The van der Waals surface area contributed by atoms with Gasteiger partial charge in [-0.15, -0.1) is 0 Å². The third kappa shape index (κ3) is 6.36. The first-order valence-electron chi connectivity index (χ1n) is 7.20. The van der Waals surface area contributed by atoms with Crippen molar-refractivity contribution < 1.29 is 9.53 Å². The van der Waals surface area contributed by atoms with Crippen molar-refractivity contribution in [1.82, 2.24) is 10.2 Å². The Morgan fingerprint density at radius 1 is 1.39 bits per heavy atom. The van der Waals surface area contributed by atoms with Gasteiger partial charge in [-0.1, -0.05) is 13.8 Å². The number of esters is 1. The molecule has 0 spiro atoms. The number of carbonyl (C=O) groups excluding carboxylic acids is 1. The Hall–Kier alpha value is -0.610. The van der Waals surface area contributed by atoms with Crippen molar-refractivity contribution in [2.75, 3.05) is 39.3 Å². The van der Waals surface area contributed by atoms with E-state index in [-0.39, 0.29) is 5.97 Å². The summed E-state index contributed by atoms with van der Waals surface area (Å²) in [4.78, 5) is 13.6. The maximum absolute atomic E-state index is 11.4. The zero-order valence-corrected chi connectivity index (χ0v) is 12.1. The molecule has 4 heteroatoms. The van der Waals surface area contributed by atoms with E-state index in [4.69, 9.17) is 4.74 Å². The summed E-state index contributed by atoms with van der Waals surface area (Å²) in [5, 5.41) is 3.52. The molecule has 1 heterocycles. The predicted octanol–water partition coefficient (Wildman–Crippen LogP) is 1.51. The lowest BCUT2D eigenvalue weighted by Crippen LogP contribution is -2.40. The van der Waals surface area contributed by atoms with Gasteiger partial charge in [0.15, 0.2) is 0 Å². The Labute approximate surface area is 111 Å². The summed E-state index contributed by atoms with van der Waals surface area (Å²) in [6.45, 7) is 11.5. The highest BCUT2D eigenvalue weighted by Crippen LogP contribution is 2.16. The second-order valence-electron chi connectivity index (χ2n) is 5.58. The fourth-order valence-electron chi connectivity index (χ4n) is 2.31. The van der Waals surface area contributed by atoms with E-state index in [0.29, 0.717) is 19.1 Å². The molecular formula is C14H28N2O2. The Bertz CT molecular complexity index is 236. The van der Waals surface area contributed by atoms with E-state index in [1.165, 1.54) is 12.8 Å². The third-order valence-electron chi connectivity index (χ3n) is 3.35. The summed E-state index contributed by atoms with van der Waals surface area (Å²) in [6.07, 6.45) is 2.37. The molecule has 18 heavy (non-hydrogen) atoms. The van der Waals surface area contributed by atoms with E-state index in [0.717, 1.165) is 32.1 Å². The third-order valence-corrected chi connectivity index (χ3v) is 3.35. The minimum atomic E-state index is -0.0890. The van der Waals surface area contributed by atoms with Crippen LogP contribution in [0.15, 0.2) is 0 Å². The van der Waals surface area contributed by atoms with Crippen LogP contribution in [0, 0.1) is 11.8 Å². The van der Waals surface area contributed by atoms with Crippen molar-refractivity contribution in [3.05, 3.63) is 0 Å². The highest BCUT2D eigenvalue weighted by Gasteiger charge is 2.20. The number of hydrogen-bond donors (Lipinski definition) is 1. The molecular weight excluding hydrogens is 228 g/mol. The van der Waals surface area contributed by atoms with Crippen LogP contribution in [-0.4, -0.2) is 50.2 Å². The lowest BCUT2D eigenvalue weighted by Gasteiger charge is -2.31. The van der Waals surface area contributed by atoms with E-state index in [2.05, 4.69) is 24.1 Å². The Morgan fingerprint density at radius 2 is 2.06 bits per heavy atom. The molecule has 1 N–H and O–H groups in total. The first-order chi connectivity index (χ1) is 8.61. The molecule has 1 saturated heterocycles. The summed E-state index contributed by atoms with van der Waals surface area (Å²) < 4.78 is 4.97. The van der Waals surface area contributed by atoms with Gasteiger partial charge < -0.3 is 10.1 Å². The summed E-state index contributed by atoms with van der Waals surface area (Å²) in [5.74, 6) is 1.39. The van der Waals surface area contributed by atoms with Crippen molar-refractivity contribution in [3.63, 3.8) is 0 Å². The van der Waals surface area contributed by atoms with Crippen LogP contribution in [0.3, 0.4) is 0 Å². The van der Waals surface area contributed by atoms with Gasteiger partial charge >= 0.3 is 5.97 Å². The molecule has 0 aliphatic carbocycles. The fraction of sp³-hybridized carbons (Fsp3) is 0.929. The number of nitrogens with zero attached hydrogens (tertiary/aromatic N) is 1. The normalized spacial score (nSPS) is 18.2. The first kappa shape index (κ1) is 15.4. The lowest BCUT2D eigenvalue weighted by atomic mass is 9.96. The molecule has 0 saturated carbocycles. The second-order valence-corrected chi connectivity index (χ2v) is 5.58. The number of piperidine rings is 1. The van der Waals surface area contributed by atoms with Gasteiger partial charge in [-0.05, 0) is 57.8 Å². The monoisotopic (exact) mass is 256 g/mol. The predicted molar refractivity (Wildman–Crippen MR) is 73.5 cm³/mol. The van der Waals surface area contributed by atoms with Crippen LogP contribution < -0.4 is 5.32 Å². The van der Waals surface area contributed by atoms with Gasteiger partial charge in [-0.2, -0.15) is 0 Å². The van der Waals surface area contributed by atoms with Gasteiger partial charge in [0, 0.05) is 0 Å². The van der Waals surface area contributed by atoms with Crippen molar-refractivity contribution in [1.29, 1.82) is 0 Å². The molecule has 4 nitrogen and oxygen atoms in total. The van der Waals surface area contributed by atoms with Gasteiger partial charge in [-0.3, -0.25) is 9.69 Å². The number of rotatable bonds is 7. The molecule has 0 aromatic rings. The van der Waals surface area contributed by atoms with Crippen LogP contribution >= 0.6 is 0 Å². The summed E-state index contributed by atoms with van der Waals surface area (Å²) in [6, 6.07) is 0. The van der Waals surface area contributed by atoms with E-state index in [1.54, 1.807) is 0 Å². The van der Waals surface area contributed by atoms with Crippen molar-refractivity contribution in [3.8, 4) is 0 Å². The zero-order chi connectivity index (χ0) is 13.4. The topological polar surface area (TPSA) is 41.6 Å². The Balaban J connectivity index is 2.10. The van der Waals surface area contributed by atoms with E-state index in [1.807, 2.05) is 6.92 Å². The minimum Gasteiger partial charge on any atom is -0.465 e. The molecule has 0 radical (unpaired) electrons. The van der Waals surface area contributed by atoms with Crippen molar-refractivity contribution >= 4 is 5.97 Å². The van der Waals surface area contributed by atoms with Crippen LogP contribution in [0.4, 0.5) is 0 Å². The number of hydrogen-bond acceptors (Lipinski definition) is 4. The van der Waals surface area contributed by atoms with Crippen LogP contribution in [0.5, 0.6) is 0 Å². The maximum atomic E-state index is 11.4. The minimum absolute atomic E-state index is 0.0890. The average Bonchev–Trinajstić information content (AvgIpc) is 2.31. The Morgan fingerprint density at radius 3 is 2.61 bits per heavy atom. The number of nitrogens with one attached hydrogen (secondary N) is 1. The molecule has 1 fully saturated rings. The van der Waals surface area contributed by atoms with Crippen LogP contribution in [0.2, 0.25) is 0 Å². The van der Waals surface area contributed by atoms with Crippen LogP contribution in [0.1, 0.15) is 33.6 Å². The van der Waals surface area contributed by atoms with Gasteiger partial charge in [0.25, 0.3) is 0 Å². The van der Waals surface area contributed by atoms with Crippen LogP contribution in [0.25, 0.3) is 0 Å². The molecule has 0 unspecified atom stereocenters. The van der Waals surface area contributed by atoms with E-state index >= 15 is 0 Å². The number of carbonyl (C=O) groups is 1. The molecule has 1 aliphatic rings. The molecule has 1 rings (SSSR count). The largest absolute Gasteiger partial charge is 0.465 e. The number of ether oxygens (including phenoxy) is 1. The van der Waals surface area contributed by atoms with Crippen molar-refractivity contribution in [2.24, 2.45) is 11.8 Å². The quantitative estimate of drug-likeness (QED) is 0.701. The SMILES string of the molecule is CCOC(=O)CN1CCC(CNCC(C)C)CC1. The van der Waals surface area contributed by atoms with E-state index in [9.17, 15) is 4.79 Å². The molecule has 106 valence electrons. The molecule has 0 bridgehead atoms. The van der Waals surface area contributed by atoms with E-state index < -0.39 is 0 Å². The van der Waals surface area contributed by atoms with Crippen molar-refractivity contribution in [2.45, 2.75) is 33.6 Å². The van der Waals surface area contributed by atoms with Crippen LogP contribution in [-0.2, 0) is 9.53 Å². The van der Waals surface area contributed by atoms with Gasteiger partial charge in [0.05, 0.1) is 13.2 Å². The number of likely N-dealkylation sites (tertiary alicyclic amines) is 1. The summed E-state index contributed by atoms with van der Waals surface area (Å²) >= 11 is 0. The highest BCUT2D eigenvalue weighted by molar-refractivity contribution is 5.71. The first-order valence-corrected chi connectivity index (χ1v) is 7.20. The smallest absolute Gasteiger partial charge is 0.320 e. The summed E-state index contributed by atoms with van der Waals surface area (Å²) in [7, 11) is 0.